The molecule has 0 aliphatic carbocycles. The van der Waals surface area contributed by atoms with Crippen molar-refractivity contribution in [3.05, 3.63) is 29.8 Å². The Morgan fingerprint density at radius 1 is 0.882 bits per heavy atom. The molecule has 0 bridgehead atoms. The lowest BCUT2D eigenvalue weighted by Gasteiger charge is -2.46. The van der Waals surface area contributed by atoms with Crippen LogP contribution >= 0.6 is 0 Å². The van der Waals surface area contributed by atoms with Crippen molar-refractivity contribution in [1.82, 2.24) is 14.7 Å². The molecule has 188 valence electrons. The molecule has 1 aromatic carbocycles. The highest BCUT2D eigenvalue weighted by atomic mass is 16.5. The zero-order chi connectivity index (χ0) is 23.4. The van der Waals surface area contributed by atoms with Crippen LogP contribution in [0.4, 0.5) is 0 Å². The standard InChI is InChI=1S/C28H43N3O3/c1-29-16-10-23(11-17-29)30-18-13-28(14-19-30)12-4-5-20-33-21-24-7-6-15-31(24)27(32)25-8-2-3-9-26(25)34-22-28/h2-3,8-9,23-24H,4-7,10-22H2,1H3/t24-/m0/s1. The zero-order valence-corrected chi connectivity index (χ0v) is 21.1. The van der Waals surface area contributed by atoms with Crippen molar-refractivity contribution in [3.8, 4) is 5.75 Å². The van der Waals surface area contributed by atoms with E-state index in [1.807, 2.05) is 29.2 Å². The smallest absolute Gasteiger partial charge is 0.257 e. The SMILES string of the molecule is CN1CCC(N2CCC3(CCCCOC[C@@H]4CCCN4C(=O)c4ccccc4OC3)CC2)CC1. The Balaban J connectivity index is 1.30. The molecule has 0 saturated carbocycles. The van der Waals surface area contributed by atoms with Crippen molar-refractivity contribution >= 4 is 5.91 Å². The van der Waals surface area contributed by atoms with Gasteiger partial charge in [0, 0.05) is 24.6 Å². The van der Waals surface area contributed by atoms with Gasteiger partial charge >= 0.3 is 0 Å². The molecule has 1 spiro atoms. The first kappa shape index (κ1) is 24.1. The van der Waals surface area contributed by atoms with E-state index in [1.165, 1.54) is 64.7 Å². The fraction of sp³-hybridized carbons (Fsp3) is 0.750. The Kier molecular flexibility index (Phi) is 7.77. The number of nitrogens with zero attached hydrogens (tertiary/aromatic N) is 3. The molecule has 1 amide bonds. The summed E-state index contributed by atoms with van der Waals surface area (Å²) in [6, 6.07) is 8.82. The quantitative estimate of drug-likeness (QED) is 0.621. The average Bonchev–Trinajstić information content (AvgIpc) is 3.34. The van der Waals surface area contributed by atoms with Gasteiger partial charge in [-0.15, -0.1) is 0 Å². The van der Waals surface area contributed by atoms with Crippen LogP contribution in [0, 0.1) is 5.41 Å². The summed E-state index contributed by atoms with van der Waals surface area (Å²) < 4.78 is 12.6. The van der Waals surface area contributed by atoms with E-state index in [-0.39, 0.29) is 17.4 Å². The molecule has 3 saturated heterocycles. The number of carbonyl (C=O) groups excluding carboxylic acids is 1. The van der Waals surface area contributed by atoms with E-state index in [0.29, 0.717) is 18.8 Å². The number of ether oxygens (including phenoxy) is 2. The summed E-state index contributed by atoms with van der Waals surface area (Å²) >= 11 is 0. The van der Waals surface area contributed by atoms with Crippen molar-refractivity contribution in [3.63, 3.8) is 0 Å². The third-order valence-corrected chi connectivity index (χ3v) is 8.91. The lowest BCUT2D eigenvalue weighted by atomic mass is 9.74. The molecule has 1 aromatic rings. The van der Waals surface area contributed by atoms with Crippen LogP contribution in [0.5, 0.6) is 5.75 Å². The Hall–Kier alpha value is -1.63. The Bertz CT molecular complexity index is 815. The molecule has 6 nitrogen and oxygen atoms in total. The molecule has 3 fully saturated rings. The fourth-order valence-corrected chi connectivity index (χ4v) is 6.54. The maximum absolute atomic E-state index is 13.5. The summed E-state index contributed by atoms with van der Waals surface area (Å²) in [6.45, 7) is 7.77. The highest BCUT2D eigenvalue weighted by Gasteiger charge is 2.38. The molecule has 4 aliphatic heterocycles. The number of amides is 1. The molecule has 5 rings (SSSR count). The first-order valence-corrected chi connectivity index (χ1v) is 13.7. The van der Waals surface area contributed by atoms with E-state index in [9.17, 15) is 4.79 Å². The largest absolute Gasteiger partial charge is 0.492 e. The first-order chi connectivity index (χ1) is 16.6. The van der Waals surface area contributed by atoms with Gasteiger partial charge in [-0.2, -0.15) is 0 Å². The monoisotopic (exact) mass is 469 g/mol. The van der Waals surface area contributed by atoms with E-state index >= 15 is 0 Å². The van der Waals surface area contributed by atoms with Crippen LogP contribution in [-0.4, -0.2) is 92.3 Å². The van der Waals surface area contributed by atoms with Gasteiger partial charge in [-0.25, -0.2) is 0 Å². The van der Waals surface area contributed by atoms with Crippen LogP contribution in [0.1, 0.15) is 68.1 Å². The number of fused-ring (bicyclic) bond motifs is 2. The Morgan fingerprint density at radius 2 is 1.68 bits per heavy atom. The normalized spacial score (nSPS) is 28.2. The molecule has 0 aromatic heterocycles. The van der Waals surface area contributed by atoms with Gasteiger partial charge in [-0.1, -0.05) is 18.6 Å². The van der Waals surface area contributed by atoms with Gasteiger partial charge in [0.2, 0.25) is 0 Å². The fourth-order valence-electron chi connectivity index (χ4n) is 6.54. The highest BCUT2D eigenvalue weighted by Crippen LogP contribution is 2.39. The van der Waals surface area contributed by atoms with Crippen molar-refractivity contribution < 1.29 is 14.3 Å². The number of carbonyl (C=O) groups is 1. The lowest BCUT2D eigenvalue weighted by Crippen LogP contribution is -2.50. The van der Waals surface area contributed by atoms with Gasteiger partial charge in [0.05, 0.1) is 24.8 Å². The van der Waals surface area contributed by atoms with Crippen molar-refractivity contribution in [2.75, 3.05) is 59.6 Å². The van der Waals surface area contributed by atoms with Gasteiger partial charge < -0.3 is 24.2 Å². The molecule has 0 unspecified atom stereocenters. The van der Waals surface area contributed by atoms with Crippen molar-refractivity contribution in [2.24, 2.45) is 5.41 Å². The van der Waals surface area contributed by atoms with Gasteiger partial charge in [0.15, 0.2) is 0 Å². The molecule has 1 atom stereocenters. The van der Waals surface area contributed by atoms with E-state index in [0.717, 1.165) is 44.2 Å². The number of benzene rings is 1. The summed E-state index contributed by atoms with van der Waals surface area (Å²) in [6.07, 6.45) is 10.5. The summed E-state index contributed by atoms with van der Waals surface area (Å²) in [5.74, 6) is 0.859. The second-order valence-corrected chi connectivity index (χ2v) is 11.2. The maximum atomic E-state index is 13.5. The molecule has 34 heavy (non-hydrogen) atoms. The van der Waals surface area contributed by atoms with Crippen LogP contribution in [0.25, 0.3) is 0 Å². The number of rotatable bonds is 1. The first-order valence-electron chi connectivity index (χ1n) is 13.7. The van der Waals surface area contributed by atoms with Crippen LogP contribution < -0.4 is 4.74 Å². The number of likely N-dealkylation sites (tertiary alicyclic amines) is 2. The second kappa shape index (κ2) is 11.0. The highest BCUT2D eigenvalue weighted by molar-refractivity contribution is 5.97. The van der Waals surface area contributed by atoms with Gasteiger partial charge in [0.1, 0.15) is 5.75 Å². The zero-order valence-electron chi connectivity index (χ0n) is 21.1. The third kappa shape index (κ3) is 5.44. The van der Waals surface area contributed by atoms with Crippen molar-refractivity contribution in [1.29, 1.82) is 0 Å². The van der Waals surface area contributed by atoms with Crippen LogP contribution in [0.2, 0.25) is 0 Å². The van der Waals surface area contributed by atoms with E-state index in [1.54, 1.807) is 0 Å². The van der Waals surface area contributed by atoms with Crippen LogP contribution in [0.3, 0.4) is 0 Å². The summed E-state index contributed by atoms with van der Waals surface area (Å²) in [4.78, 5) is 20.7. The second-order valence-electron chi connectivity index (χ2n) is 11.2. The molecule has 4 aliphatic rings. The predicted octanol–water partition coefficient (Wildman–Crippen LogP) is 4.05. The summed E-state index contributed by atoms with van der Waals surface area (Å²) in [5, 5.41) is 0. The van der Waals surface area contributed by atoms with E-state index in [2.05, 4.69) is 16.8 Å². The van der Waals surface area contributed by atoms with E-state index < -0.39 is 0 Å². The summed E-state index contributed by atoms with van der Waals surface area (Å²) in [5.41, 5.74) is 0.906. The minimum Gasteiger partial charge on any atom is -0.492 e. The average molecular weight is 470 g/mol. The number of hydrogen-bond donors (Lipinski definition) is 0. The molecule has 0 N–H and O–H groups in total. The summed E-state index contributed by atoms with van der Waals surface area (Å²) in [7, 11) is 2.24. The van der Waals surface area contributed by atoms with Crippen LogP contribution in [-0.2, 0) is 4.74 Å². The molecule has 0 radical (unpaired) electrons. The Morgan fingerprint density at radius 3 is 2.50 bits per heavy atom. The molecular weight excluding hydrogens is 426 g/mol. The number of piperidine rings is 2. The van der Waals surface area contributed by atoms with E-state index in [4.69, 9.17) is 9.47 Å². The third-order valence-electron chi connectivity index (χ3n) is 8.91. The lowest BCUT2D eigenvalue weighted by molar-refractivity contribution is 0.0112. The van der Waals surface area contributed by atoms with Gasteiger partial charge in [-0.3, -0.25) is 4.79 Å². The van der Waals surface area contributed by atoms with Gasteiger partial charge in [0.25, 0.3) is 5.91 Å². The molecule has 4 heterocycles. The predicted molar refractivity (Wildman–Crippen MR) is 134 cm³/mol. The van der Waals surface area contributed by atoms with Crippen LogP contribution in [0.15, 0.2) is 24.3 Å². The minimum absolute atomic E-state index is 0.102. The minimum atomic E-state index is 0.102. The number of hydrogen-bond acceptors (Lipinski definition) is 5. The number of para-hydroxylation sites is 1. The molecular formula is C28H43N3O3. The Labute approximate surface area is 205 Å². The molecule has 6 heteroatoms. The van der Waals surface area contributed by atoms with Gasteiger partial charge in [-0.05, 0) is 96.7 Å². The maximum Gasteiger partial charge on any atom is 0.257 e. The van der Waals surface area contributed by atoms with Crippen molar-refractivity contribution in [2.45, 2.75) is 69.9 Å². The topological polar surface area (TPSA) is 45.2 Å².